The minimum Gasteiger partial charge on any atom is -0.381 e. The predicted molar refractivity (Wildman–Crippen MR) is 72.0 cm³/mol. The first-order valence-electron chi connectivity index (χ1n) is 5.74. The van der Waals surface area contributed by atoms with Gasteiger partial charge in [0.15, 0.2) is 0 Å². The van der Waals surface area contributed by atoms with Gasteiger partial charge in [-0.3, -0.25) is 0 Å². The Kier molecular flexibility index (Phi) is 4.09. The summed E-state index contributed by atoms with van der Waals surface area (Å²) >= 11 is 9.26. The summed E-state index contributed by atoms with van der Waals surface area (Å²) in [6.45, 7) is 2.31. The number of anilines is 1. The molecule has 0 aromatic carbocycles. The van der Waals surface area contributed by atoms with Gasteiger partial charge in [0.2, 0.25) is 0 Å². The van der Waals surface area contributed by atoms with Crippen molar-refractivity contribution in [3.8, 4) is 0 Å². The fourth-order valence-electron chi connectivity index (χ4n) is 2.24. The molecule has 1 fully saturated rings. The Bertz CT molecular complexity index is 370. The van der Waals surface area contributed by atoms with E-state index in [1.54, 1.807) is 6.20 Å². The van der Waals surface area contributed by atoms with Crippen molar-refractivity contribution in [1.29, 1.82) is 0 Å². The summed E-state index contributed by atoms with van der Waals surface area (Å²) in [5.41, 5.74) is 1.05. The average Bonchev–Trinajstić information content (AvgIpc) is 2.27. The van der Waals surface area contributed by atoms with Gasteiger partial charge >= 0.3 is 0 Å². The van der Waals surface area contributed by atoms with Crippen LogP contribution in [0, 0.1) is 5.92 Å². The first-order valence-corrected chi connectivity index (χ1v) is 6.91. The van der Waals surface area contributed by atoms with E-state index >= 15 is 0 Å². The maximum absolute atomic E-state index is 5.87. The minimum atomic E-state index is 0.516. The van der Waals surface area contributed by atoms with E-state index in [4.69, 9.17) is 11.6 Å². The standard InChI is InChI=1S/C12H16BrClN2/c1-8-4-2-3-5-11(8)16-9-6-10(13)12(14)15-7-9/h6-8,11,16H,2-5H2,1H3. The molecule has 0 bridgehead atoms. The Hall–Kier alpha value is -0.280. The zero-order valence-corrected chi connectivity index (χ0v) is 11.7. The zero-order chi connectivity index (χ0) is 11.5. The molecule has 0 aliphatic heterocycles. The number of rotatable bonds is 2. The van der Waals surface area contributed by atoms with Crippen molar-refractivity contribution in [2.24, 2.45) is 5.92 Å². The third-order valence-corrected chi connectivity index (χ3v) is 4.39. The molecule has 1 saturated carbocycles. The van der Waals surface area contributed by atoms with Gasteiger partial charge in [0.1, 0.15) is 5.15 Å². The van der Waals surface area contributed by atoms with E-state index < -0.39 is 0 Å². The quantitative estimate of drug-likeness (QED) is 0.814. The maximum atomic E-state index is 5.87. The molecule has 1 aliphatic rings. The predicted octanol–water partition coefficient (Wildman–Crippen LogP) is 4.49. The van der Waals surface area contributed by atoms with Crippen LogP contribution in [0.15, 0.2) is 16.7 Å². The summed E-state index contributed by atoms with van der Waals surface area (Å²) in [6.07, 6.45) is 7.06. The Balaban J connectivity index is 2.05. The molecular formula is C12H16BrClN2. The van der Waals surface area contributed by atoms with E-state index in [-0.39, 0.29) is 0 Å². The Labute approximate surface area is 110 Å². The third-order valence-electron chi connectivity index (χ3n) is 3.26. The number of pyridine rings is 1. The normalized spacial score (nSPS) is 25.4. The van der Waals surface area contributed by atoms with E-state index in [0.717, 1.165) is 16.1 Å². The van der Waals surface area contributed by atoms with Crippen LogP contribution in [0.25, 0.3) is 0 Å². The first kappa shape index (κ1) is 12.2. The molecule has 1 heterocycles. The average molecular weight is 304 g/mol. The van der Waals surface area contributed by atoms with Gasteiger partial charge in [0.05, 0.1) is 16.4 Å². The lowest BCUT2D eigenvalue weighted by Gasteiger charge is -2.30. The summed E-state index contributed by atoms with van der Waals surface area (Å²) in [5, 5.41) is 4.06. The van der Waals surface area contributed by atoms with Gasteiger partial charge in [-0.15, -0.1) is 0 Å². The number of nitrogens with zero attached hydrogens (tertiary/aromatic N) is 1. The second-order valence-electron chi connectivity index (χ2n) is 4.51. The van der Waals surface area contributed by atoms with Crippen LogP contribution in [0.2, 0.25) is 5.15 Å². The molecule has 88 valence electrons. The molecule has 1 aliphatic carbocycles. The molecule has 0 saturated heterocycles. The van der Waals surface area contributed by atoms with Crippen LogP contribution in [0.5, 0.6) is 0 Å². The van der Waals surface area contributed by atoms with Crippen molar-refractivity contribution in [2.75, 3.05) is 5.32 Å². The topological polar surface area (TPSA) is 24.9 Å². The van der Waals surface area contributed by atoms with Crippen molar-refractivity contribution < 1.29 is 0 Å². The maximum Gasteiger partial charge on any atom is 0.143 e. The summed E-state index contributed by atoms with van der Waals surface area (Å²) in [5.74, 6) is 0.739. The van der Waals surface area contributed by atoms with Crippen molar-refractivity contribution in [1.82, 2.24) is 4.98 Å². The van der Waals surface area contributed by atoms with Gasteiger partial charge in [-0.2, -0.15) is 0 Å². The molecule has 16 heavy (non-hydrogen) atoms. The van der Waals surface area contributed by atoms with Crippen LogP contribution in [-0.2, 0) is 0 Å². The Morgan fingerprint density at radius 3 is 2.88 bits per heavy atom. The van der Waals surface area contributed by atoms with Crippen LogP contribution < -0.4 is 5.32 Å². The van der Waals surface area contributed by atoms with E-state index in [9.17, 15) is 0 Å². The highest BCUT2D eigenvalue weighted by atomic mass is 79.9. The highest BCUT2D eigenvalue weighted by molar-refractivity contribution is 9.10. The van der Waals surface area contributed by atoms with Gasteiger partial charge in [0.25, 0.3) is 0 Å². The van der Waals surface area contributed by atoms with Crippen molar-refractivity contribution in [2.45, 2.75) is 38.6 Å². The van der Waals surface area contributed by atoms with Gasteiger partial charge in [-0.1, -0.05) is 31.4 Å². The molecule has 2 atom stereocenters. The number of aromatic nitrogens is 1. The van der Waals surface area contributed by atoms with Gasteiger partial charge in [-0.25, -0.2) is 4.98 Å². The summed E-state index contributed by atoms with van der Waals surface area (Å²) in [6, 6.07) is 2.57. The van der Waals surface area contributed by atoms with Crippen LogP contribution in [-0.4, -0.2) is 11.0 Å². The molecular weight excluding hydrogens is 288 g/mol. The molecule has 2 unspecified atom stereocenters. The second kappa shape index (κ2) is 5.37. The highest BCUT2D eigenvalue weighted by Gasteiger charge is 2.21. The molecule has 0 amide bonds. The first-order chi connectivity index (χ1) is 7.66. The third kappa shape index (κ3) is 2.89. The number of halogens is 2. The lowest BCUT2D eigenvalue weighted by Crippen LogP contribution is -2.30. The van der Waals surface area contributed by atoms with Gasteiger partial charge < -0.3 is 5.32 Å². The molecule has 4 heteroatoms. The van der Waals surface area contributed by atoms with E-state index in [1.807, 2.05) is 6.07 Å². The van der Waals surface area contributed by atoms with Crippen LogP contribution in [0.3, 0.4) is 0 Å². The summed E-state index contributed by atoms with van der Waals surface area (Å²) in [7, 11) is 0. The number of hydrogen-bond acceptors (Lipinski definition) is 2. The molecule has 1 aromatic heterocycles. The molecule has 1 aromatic rings. The zero-order valence-electron chi connectivity index (χ0n) is 9.34. The number of hydrogen-bond donors (Lipinski definition) is 1. The Morgan fingerprint density at radius 1 is 1.44 bits per heavy atom. The lowest BCUT2D eigenvalue weighted by molar-refractivity contribution is 0.349. The van der Waals surface area contributed by atoms with Crippen molar-refractivity contribution in [3.63, 3.8) is 0 Å². The van der Waals surface area contributed by atoms with Crippen LogP contribution in [0.1, 0.15) is 32.6 Å². The largest absolute Gasteiger partial charge is 0.381 e. The molecule has 1 N–H and O–H groups in total. The van der Waals surface area contributed by atoms with E-state index in [0.29, 0.717) is 11.2 Å². The summed E-state index contributed by atoms with van der Waals surface area (Å²) in [4.78, 5) is 4.13. The molecule has 0 radical (unpaired) electrons. The summed E-state index contributed by atoms with van der Waals surface area (Å²) < 4.78 is 0.850. The monoisotopic (exact) mass is 302 g/mol. The van der Waals surface area contributed by atoms with Crippen molar-refractivity contribution in [3.05, 3.63) is 21.9 Å². The van der Waals surface area contributed by atoms with E-state index in [1.165, 1.54) is 25.7 Å². The van der Waals surface area contributed by atoms with E-state index in [2.05, 4.69) is 33.2 Å². The van der Waals surface area contributed by atoms with Gasteiger partial charge in [-0.05, 0) is 40.8 Å². The highest BCUT2D eigenvalue weighted by Crippen LogP contribution is 2.28. The van der Waals surface area contributed by atoms with Crippen molar-refractivity contribution >= 4 is 33.2 Å². The second-order valence-corrected chi connectivity index (χ2v) is 5.72. The lowest BCUT2D eigenvalue weighted by atomic mass is 9.86. The number of nitrogens with one attached hydrogen (secondary N) is 1. The SMILES string of the molecule is CC1CCCCC1Nc1cnc(Cl)c(Br)c1. The fraction of sp³-hybridized carbons (Fsp3) is 0.583. The fourth-order valence-corrected chi connectivity index (χ4v) is 2.70. The molecule has 2 nitrogen and oxygen atoms in total. The van der Waals surface area contributed by atoms with Crippen LogP contribution in [0.4, 0.5) is 5.69 Å². The van der Waals surface area contributed by atoms with Gasteiger partial charge in [0, 0.05) is 6.04 Å². The Morgan fingerprint density at radius 2 is 2.19 bits per heavy atom. The van der Waals surface area contributed by atoms with Crippen LogP contribution >= 0.6 is 27.5 Å². The smallest absolute Gasteiger partial charge is 0.143 e. The molecule has 0 spiro atoms. The molecule has 2 rings (SSSR count). The minimum absolute atomic E-state index is 0.516.